The fraction of sp³-hybridized carbons (Fsp3) is 0.565. The van der Waals surface area contributed by atoms with Gasteiger partial charge in [-0.1, -0.05) is 33.9 Å². The standard InChI is InChI=1S/C15H26N2O6.2C4H6O2/c1-12(4-5-16-13(20)22-8-6-18)10-15(2,3)11-17-14(21)23-9-7-19;2*1-3(2)4(5)6/h6-7,12H,4-5,8-11H2,1-3H3,(H,16,20)(H,17,21);2*1H2,2H3,(H,5,6). The van der Waals surface area contributed by atoms with Gasteiger partial charge in [0, 0.05) is 24.2 Å². The Morgan fingerprint density at radius 2 is 1.26 bits per heavy atom. The van der Waals surface area contributed by atoms with Crippen LogP contribution in [0.5, 0.6) is 0 Å². The van der Waals surface area contributed by atoms with Crippen molar-refractivity contribution in [2.45, 2.75) is 47.5 Å². The zero-order valence-electron chi connectivity index (χ0n) is 21.0. The topological polar surface area (TPSA) is 185 Å². The molecule has 0 aromatic carbocycles. The van der Waals surface area contributed by atoms with E-state index in [2.05, 4.69) is 33.3 Å². The van der Waals surface area contributed by atoms with E-state index in [0.29, 0.717) is 31.6 Å². The van der Waals surface area contributed by atoms with Gasteiger partial charge in [0.15, 0.2) is 12.6 Å². The molecular weight excluding hydrogens is 464 g/mol. The third-order valence-electron chi connectivity index (χ3n) is 3.81. The average molecular weight is 503 g/mol. The van der Waals surface area contributed by atoms with E-state index in [9.17, 15) is 28.8 Å². The van der Waals surface area contributed by atoms with Gasteiger partial charge in [0.1, 0.15) is 13.2 Å². The van der Waals surface area contributed by atoms with Crippen molar-refractivity contribution < 1.29 is 48.5 Å². The number of carbonyl (C=O) groups excluding carboxylic acids is 4. The summed E-state index contributed by atoms with van der Waals surface area (Å²) in [6.45, 7) is 15.6. The first-order chi connectivity index (χ1) is 16.1. The van der Waals surface area contributed by atoms with Crippen molar-refractivity contribution in [2.24, 2.45) is 11.3 Å². The van der Waals surface area contributed by atoms with Crippen molar-refractivity contribution in [3.05, 3.63) is 24.3 Å². The molecule has 1 atom stereocenters. The fourth-order valence-electron chi connectivity index (χ4n) is 2.17. The Morgan fingerprint density at radius 3 is 1.60 bits per heavy atom. The van der Waals surface area contributed by atoms with Crippen LogP contribution in [-0.4, -0.2) is 73.2 Å². The predicted molar refractivity (Wildman–Crippen MR) is 128 cm³/mol. The molecule has 2 amide bonds. The van der Waals surface area contributed by atoms with E-state index < -0.39 is 24.1 Å². The number of carboxylic acids is 2. The van der Waals surface area contributed by atoms with Crippen molar-refractivity contribution in [1.29, 1.82) is 0 Å². The van der Waals surface area contributed by atoms with E-state index in [4.69, 9.17) is 10.2 Å². The predicted octanol–water partition coefficient (Wildman–Crippen LogP) is 2.57. The molecule has 0 rings (SSSR count). The van der Waals surface area contributed by atoms with Crippen LogP contribution in [0.1, 0.15) is 47.5 Å². The van der Waals surface area contributed by atoms with Crippen LogP contribution in [0.25, 0.3) is 0 Å². The lowest BCUT2D eigenvalue weighted by atomic mass is 9.82. The Balaban J connectivity index is -0.000000697. The summed E-state index contributed by atoms with van der Waals surface area (Å²) in [4.78, 5) is 61.8. The summed E-state index contributed by atoms with van der Waals surface area (Å²) < 4.78 is 9.18. The number of nitrogens with one attached hydrogen (secondary N) is 2. The lowest BCUT2D eigenvalue weighted by Crippen LogP contribution is -2.36. The van der Waals surface area contributed by atoms with E-state index in [0.717, 1.165) is 12.8 Å². The molecule has 1 unspecified atom stereocenters. The maximum absolute atomic E-state index is 11.3. The molecule has 200 valence electrons. The van der Waals surface area contributed by atoms with Crippen molar-refractivity contribution in [1.82, 2.24) is 10.6 Å². The summed E-state index contributed by atoms with van der Waals surface area (Å²) in [5.41, 5.74) is 0.197. The minimum absolute atomic E-state index is 0.155. The Morgan fingerprint density at radius 1 is 0.886 bits per heavy atom. The van der Waals surface area contributed by atoms with Gasteiger partial charge in [-0.25, -0.2) is 19.2 Å². The number of amides is 2. The number of hydrogen-bond donors (Lipinski definition) is 4. The number of carboxylic acid groups (broad SMARTS) is 2. The van der Waals surface area contributed by atoms with Gasteiger partial charge in [0.2, 0.25) is 0 Å². The van der Waals surface area contributed by atoms with Crippen molar-refractivity contribution >= 4 is 36.7 Å². The number of alkyl carbamates (subject to hydrolysis) is 2. The van der Waals surface area contributed by atoms with Crippen LogP contribution >= 0.6 is 0 Å². The van der Waals surface area contributed by atoms with Gasteiger partial charge in [-0.2, -0.15) is 0 Å². The number of ether oxygens (including phenoxy) is 2. The lowest BCUT2D eigenvalue weighted by molar-refractivity contribution is -0.133. The van der Waals surface area contributed by atoms with Crippen LogP contribution in [0.15, 0.2) is 24.3 Å². The van der Waals surface area contributed by atoms with Crippen molar-refractivity contribution in [2.75, 3.05) is 26.3 Å². The first-order valence-electron chi connectivity index (χ1n) is 10.6. The quantitative estimate of drug-likeness (QED) is 0.215. The molecule has 0 fully saturated rings. The highest BCUT2D eigenvalue weighted by Gasteiger charge is 2.22. The third-order valence-corrected chi connectivity index (χ3v) is 3.81. The second-order valence-electron chi connectivity index (χ2n) is 8.24. The van der Waals surface area contributed by atoms with Crippen LogP contribution in [0.4, 0.5) is 9.59 Å². The first-order valence-corrected chi connectivity index (χ1v) is 10.6. The third kappa shape index (κ3) is 28.3. The van der Waals surface area contributed by atoms with Gasteiger partial charge < -0.3 is 30.3 Å². The van der Waals surface area contributed by atoms with E-state index in [1.807, 2.05) is 20.8 Å². The number of aldehydes is 2. The van der Waals surface area contributed by atoms with Crippen LogP contribution in [0, 0.1) is 11.3 Å². The molecule has 0 saturated heterocycles. The Bertz CT molecular complexity index is 684. The lowest BCUT2D eigenvalue weighted by Gasteiger charge is -2.28. The summed E-state index contributed by atoms with van der Waals surface area (Å²) in [6.07, 6.45) is 1.37. The smallest absolute Gasteiger partial charge is 0.407 e. The molecule has 0 spiro atoms. The molecular formula is C23H38N2O10. The molecule has 0 radical (unpaired) electrons. The van der Waals surface area contributed by atoms with Crippen LogP contribution in [-0.2, 0) is 28.7 Å². The normalized spacial score (nSPS) is 10.4. The second kappa shape index (κ2) is 20.9. The zero-order valence-corrected chi connectivity index (χ0v) is 21.0. The zero-order chi connectivity index (χ0) is 28.0. The SMILES string of the molecule is C=C(C)C(=O)O.C=C(C)C(=O)O.CC(CCNC(=O)OCC=O)CC(C)(C)CNC(=O)OCC=O. The average Bonchev–Trinajstić information content (AvgIpc) is 2.75. The van der Waals surface area contributed by atoms with Crippen LogP contribution < -0.4 is 10.6 Å². The second-order valence-corrected chi connectivity index (χ2v) is 8.24. The Kier molecular flexibility index (Phi) is 21.4. The van der Waals surface area contributed by atoms with E-state index in [1.54, 1.807) is 0 Å². The van der Waals surface area contributed by atoms with E-state index in [-0.39, 0.29) is 29.8 Å². The Labute approximate surface area is 205 Å². The molecule has 0 aromatic rings. The number of rotatable bonds is 13. The minimum Gasteiger partial charge on any atom is -0.478 e. The molecule has 0 aliphatic carbocycles. The van der Waals surface area contributed by atoms with Crippen molar-refractivity contribution in [3.63, 3.8) is 0 Å². The summed E-state index contributed by atoms with van der Waals surface area (Å²) in [5, 5.41) is 21.0. The summed E-state index contributed by atoms with van der Waals surface area (Å²) in [5.74, 6) is -1.56. The molecule has 12 nitrogen and oxygen atoms in total. The minimum atomic E-state index is -0.935. The maximum atomic E-state index is 11.3. The van der Waals surface area contributed by atoms with Crippen molar-refractivity contribution in [3.8, 4) is 0 Å². The van der Waals surface area contributed by atoms with E-state index in [1.165, 1.54) is 13.8 Å². The van der Waals surface area contributed by atoms with Gasteiger partial charge in [-0.05, 0) is 38.0 Å². The molecule has 35 heavy (non-hydrogen) atoms. The molecule has 0 saturated carbocycles. The van der Waals surface area contributed by atoms with Gasteiger partial charge >= 0.3 is 24.1 Å². The molecule has 0 heterocycles. The van der Waals surface area contributed by atoms with Crippen LogP contribution in [0.2, 0.25) is 0 Å². The summed E-state index contributed by atoms with van der Waals surface area (Å²) in [7, 11) is 0. The summed E-state index contributed by atoms with van der Waals surface area (Å²) >= 11 is 0. The molecule has 0 aromatic heterocycles. The van der Waals surface area contributed by atoms with Crippen LogP contribution in [0.3, 0.4) is 0 Å². The van der Waals surface area contributed by atoms with E-state index >= 15 is 0 Å². The van der Waals surface area contributed by atoms with Gasteiger partial charge in [-0.15, -0.1) is 0 Å². The van der Waals surface area contributed by atoms with Gasteiger partial charge in [0.25, 0.3) is 0 Å². The number of aliphatic carboxylic acids is 2. The van der Waals surface area contributed by atoms with Gasteiger partial charge in [-0.3, -0.25) is 9.59 Å². The first kappa shape index (κ1) is 35.9. The summed E-state index contributed by atoms with van der Waals surface area (Å²) in [6, 6.07) is 0. The monoisotopic (exact) mass is 502 g/mol. The molecule has 0 bridgehead atoms. The highest BCUT2D eigenvalue weighted by Crippen LogP contribution is 2.26. The highest BCUT2D eigenvalue weighted by atomic mass is 16.6. The molecule has 12 heteroatoms. The highest BCUT2D eigenvalue weighted by molar-refractivity contribution is 5.85. The largest absolute Gasteiger partial charge is 0.478 e. The molecule has 0 aliphatic heterocycles. The Hall–Kier alpha value is -3.70. The number of carbonyl (C=O) groups is 6. The van der Waals surface area contributed by atoms with Gasteiger partial charge in [0.05, 0.1) is 0 Å². The fourth-order valence-corrected chi connectivity index (χ4v) is 2.17. The molecule has 0 aliphatic rings. The number of hydrogen-bond acceptors (Lipinski definition) is 8. The molecule has 4 N–H and O–H groups in total. The maximum Gasteiger partial charge on any atom is 0.407 e.